The zero-order chi connectivity index (χ0) is 12.3. The molecule has 0 fully saturated rings. The van der Waals surface area contributed by atoms with Crippen LogP contribution >= 0.6 is 15.9 Å². The van der Waals surface area contributed by atoms with Crippen molar-refractivity contribution < 1.29 is 9.72 Å². The predicted octanol–water partition coefficient (Wildman–Crippen LogP) is 1.69. The molecule has 16 heavy (non-hydrogen) atoms. The average molecular weight is 287 g/mol. The van der Waals surface area contributed by atoms with Gasteiger partial charge in [0.25, 0.3) is 5.69 Å². The summed E-state index contributed by atoms with van der Waals surface area (Å²) in [4.78, 5) is 20.5. The molecule has 1 aromatic carbocycles. The summed E-state index contributed by atoms with van der Waals surface area (Å²) in [5, 5.41) is 10.5. The maximum atomic E-state index is 10.9. The van der Waals surface area contributed by atoms with Crippen molar-refractivity contribution in [3.63, 3.8) is 0 Å². The number of benzene rings is 1. The van der Waals surface area contributed by atoms with Gasteiger partial charge in [-0.05, 0) is 24.5 Å². The number of nitrogens with zero attached hydrogens (tertiary/aromatic N) is 1. The highest BCUT2D eigenvalue weighted by Crippen LogP contribution is 2.19. The molecule has 2 N–H and O–H groups in total. The third-order valence-electron chi connectivity index (χ3n) is 2.24. The molecule has 0 spiro atoms. The summed E-state index contributed by atoms with van der Waals surface area (Å²) in [5.41, 5.74) is 6.81. The summed E-state index contributed by atoms with van der Waals surface area (Å²) in [6.45, 7) is 1.77. The lowest BCUT2D eigenvalue weighted by Crippen LogP contribution is -2.25. The first-order chi connectivity index (χ1) is 7.41. The number of amides is 1. The fraction of sp³-hybridized carbons (Fsp3) is 0.300. The minimum atomic E-state index is -0.451. The Morgan fingerprint density at radius 1 is 1.62 bits per heavy atom. The van der Waals surface area contributed by atoms with Crippen LogP contribution in [-0.2, 0) is 11.2 Å². The van der Waals surface area contributed by atoms with Crippen molar-refractivity contribution in [3.8, 4) is 0 Å². The van der Waals surface area contributed by atoms with Gasteiger partial charge >= 0.3 is 0 Å². The minimum absolute atomic E-state index is 0.0476. The van der Waals surface area contributed by atoms with Crippen LogP contribution in [-0.4, -0.2) is 15.7 Å². The van der Waals surface area contributed by atoms with E-state index < -0.39 is 15.7 Å². The van der Waals surface area contributed by atoms with Gasteiger partial charge < -0.3 is 5.73 Å². The van der Waals surface area contributed by atoms with Crippen LogP contribution in [0.25, 0.3) is 0 Å². The molecule has 1 amide bonds. The molecular weight excluding hydrogens is 276 g/mol. The fourth-order valence-corrected chi connectivity index (χ4v) is 1.67. The van der Waals surface area contributed by atoms with Gasteiger partial charge in [-0.25, -0.2) is 0 Å². The molecule has 0 radical (unpaired) electrons. The quantitative estimate of drug-likeness (QED) is 0.519. The Morgan fingerprint density at radius 2 is 2.25 bits per heavy atom. The van der Waals surface area contributed by atoms with Crippen LogP contribution in [0.1, 0.15) is 11.1 Å². The van der Waals surface area contributed by atoms with Gasteiger partial charge in [-0.3, -0.25) is 14.9 Å². The molecule has 0 aliphatic rings. The monoisotopic (exact) mass is 286 g/mol. The molecule has 1 rings (SSSR count). The number of aryl methyl sites for hydroxylation is 1. The van der Waals surface area contributed by atoms with Crippen LogP contribution in [0, 0.1) is 17.0 Å². The second-order valence-corrected chi connectivity index (χ2v) is 4.55. The Bertz CT molecular complexity index is 434. The van der Waals surface area contributed by atoms with E-state index in [0.717, 1.165) is 11.1 Å². The Labute approximate surface area is 101 Å². The van der Waals surface area contributed by atoms with E-state index in [1.54, 1.807) is 13.0 Å². The van der Waals surface area contributed by atoms with E-state index in [0.29, 0.717) is 6.42 Å². The summed E-state index contributed by atoms with van der Waals surface area (Å²) in [7, 11) is 0. The second-order valence-electron chi connectivity index (χ2n) is 3.44. The third-order valence-corrected chi connectivity index (χ3v) is 3.02. The average Bonchev–Trinajstić information content (AvgIpc) is 2.20. The summed E-state index contributed by atoms with van der Waals surface area (Å²) in [6, 6.07) is 4.55. The highest BCUT2D eigenvalue weighted by atomic mass is 79.9. The summed E-state index contributed by atoms with van der Waals surface area (Å²) >= 11 is 3.15. The molecule has 0 bridgehead atoms. The molecule has 0 heterocycles. The number of nitro groups is 1. The Hall–Kier alpha value is -1.43. The number of primary amides is 1. The molecule has 6 heteroatoms. The Kier molecular flexibility index (Phi) is 4.00. The van der Waals surface area contributed by atoms with E-state index in [2.05, 4.69) is 15.9 Å². The lowest BCUT2D eigenvalue weighted by atomic mass is 10.0. The molecule has 0 aliphatic carbocycles. The number of hydrogen-bond donors (Lipinski definition) is 1. The molecule has 1 atom stereocenters. The topological polar surface area (TPSA) is 86.2 Å². The highest BCUT2D eigenvalue weighted by molar-refractivity contribution is 9.10. The van der Waals surface area contributed by atoms with Gasteiger partial charge in [0.15, 0.2) is 0 Å². The van der Waals surface area contributed by atoms with Crippen molar-refractivity contribution in [2.24, 2.45) is 5.73 Å². The summed E-state index contributed by atoms with van der Waals surface area (Å²) in [6.07, 6.45) is 0.430. The number of alkyl halides is 1. The van der Waals surface area contributed by atoms with Gasteiger partial charge in [0.1, 0.15) is 0 Å². The van der Waals surface area contributed by atoms with E-state index >= 15 is 0 Å². The number of nitrogens with two attached hydrogens (primary N) is 1. The van der Waals surface area contributed by atoms with Crippen LogP contribution in [0.5, 0.6) is 0 Å². The molecule has 1 aromatic rings. The van der Waals surface area contributed by atoms with E-state index in [9.17, 15) is 14.9 Å². The van der Waals surface area contributed by atoms with E-state index in [-0.39, 0.29) is 5.69 Å². The Morgan fingerprint density at radius 3 is 2.69 bits per heavy atom. The van der Waals surface area contributed by atoms with Crippen LogP contribution in [0.2, 0.25) is 0 Å². The zero-order valence-electron chi connectivity index (χ0n) is 8.64. The first-order valence-corrected chi connectivity index (χ1v) is 5.50. The van der Waals surface area contributed by atoms with E-state index in [4.69, 9.17) is 5.73 Å². The van der Waals surface area contributed by atoms with Crippen molar-refractivity contribution in [3.05, 3.63) is 39.4 Å². The number of nitro benzene ring substituents is 1. The molecule has 0 saturated heterocycles. The van der Waals surface area contributed by atoms with Crippen molar-refractivity contribution in [1.29, 1.82) is 0 Å². The number of rotatable bonds is 4. The largest absolute Gasteiger partial charge is 0.369 e. The lowest BCUT2D eigenvalue weighted by Gasteiger charge is -2.08. The predicted molar refractivity (Wildman–Crippen MR) is 63.4 cm³/mol. The van der Waals surface area contributed by atoms with Crippen molar-refractivity contribution in [2.75, 3.05) is 0 Å². The van der Waals surface area contributed by atoms with Gasteiger partial charge in [-0.1, -0.05) is 22.0 Å². The Balaban J connectivity index is 2.91. The smallest absolute Gasteiger partial charge is 0.269 e. The van der Waals surface area contributed by atoms with Crippen LogP contribution in [0.4, 0.5) is 5.69 Å². The van der Waals surface area contributed by atoms with Gasteiger partial charge in [0.2, 0.25) is 5.91 Å². The SMILES string of the molecule is Cc1cc([N+](=O)[O-])ccc1CC(Br)C(N)=O. The number of carbonyl (C=O) groups excluding carboxylic acids is 1. The molecule has 86 valence electrons. The maximum Gasteiger partial charge on any atom is 0.269 e. The molecule has 1 unspecified atom stereocenters. The molecule has 0 aliphatic heterocycles. The van der Waals surface area contributed by atoms with E-state index in [1.807, 2.05) is 0 Å². The zero-order valence-corrected chi connectivity index (χ0v) is 10.2. The fourth-order valence-electron chi connectivity index (χ4n) is 1.32. The van der Waals surface area contributed by atoms with Gasteiger partial charge in [0.05, 0.1) is 9.75 Å². The van der Waals surface area contributed by atoms with Crippen molar-refractivity contribution >= 4 is 27.5 Å². The number of non-ortho nitro benzene ring substituents is 1. The van der Waals surface area contributed by atoms with Gasteiger partial charge in [-0.15, -0.1) is 0 Å². The maximum absolute atomic E-state index is 10.9. The van der Waals surface area contributed by atoms with Crippen molar-refractivity contribution in [1.82, 2.24) is 0 Å². The molecule has 0 saturated carbocycles. The van der Waals surface area contributed by atoms with E-state index in [1.165, 1.54) is 12.1 Å². The van der Waals surface area contributed by atoms with Crippen LogP contribution < -0.4 is 5.73 Å². The third kappa shape index (κ3) is 3.03. The molecule has 0 aromatic heterocycles. The summed E-state index contributed by atoms with van der Waals surface area (Å²) in [5.74, 6) is -0.447. The van der Waals surface area contributed by atoms with Crippen LogP contribution in [0.15, 0.2) is 18.2 Å². The number of halogens is 1. The molecular formula is C10H11BrN2O3. The lowest BCUT2D eigenvalue weighted by molar-refractivity contribution is -0.384. The first-order valence-electron chi connectivity index (χ1n) is 4.59. The highest BCUT2D eigenvalue weighted by Gasteiger charge is 2.14. The standard InChI is InChI=1S/C10H11BrN2O3/c1-6-4-8(13(15)16)3-2-7(6)5-9(11)10(12)14/h2-4,9H,5H2,1H3,(H2,12,14). The number of carbonyl (C=O) groups is 1. The summed E-state index contributed by atoms with van der Waals surface area (Å²) < 4.78 is 0. The first kappa shape index (κ1) is 12.6. The van der Waals surface area contributed by atoms with Crippen LogP contribution in [0.3, 0.4) is 0 Å². The molecule has 5 nitrogen and oxygen atoms in total. The minimum Gasteiger partial charge on any atom is -0.369 e. The van der Waals surface area contributed by atoms with Gasteiger partial charge in [0, 0.05) is 12.1 Å². The van der Waals surface area contributed by atoms with Crippen molar-refractivity contribution in [2.45, 2.75) is 18.2 Å². The van der Waals surface area contributed by atoms with Gasteiger partial charge in [-0.2, -0.15) is 0 Å². The number of hydrogen-bond acceptors (Lipinski definition) is 3. The second kappa shape index (κ2) is 5.07. The normalized spacial score (nSPS) is 12.1.